The van der Waals surface area contributed by atoms with Gasteiger partial charge in [-0.1, -0.05) is 30.7 Å². The third kappa shape index (κ3) is 5.93. The molecule has 174 valence electrons. The van der Waals surface area contributed by atoms with E-state index < -0.39 is 0 Å². The third-order valence-electron chi connectivity index (χ3n) is 6.23. The average molecular weight is 448 g/mol. The summed E-state index contributed by atoms with van der Waals surface area (Å²) in [7, 11) is 3.50. The van der Waals surface area contributed by atoms with Crippen LogP contribution in [0.15, 0.2) is 54.7 Å². The van der Waals surface area contributed by atoms with E-state index >= 15 is 0 Å². The van der Waals surface area contributed by atoms with Crippen LogP contribution in [0.5, 0.6) is 0 Å². The highest BCUT2D eigenvalue weighted by Crippen LogP contribution is 2.21. The van der Waals surface area contributed by atoms with Crippen molar-refractivity contribution in [3.05, 3.63) is 65.9 Å². The van der Waals surface area contributed by atoms with Crippen LogP contribution in [0.3, 0.4) is 0 Å². The minimum Gasteiger partial charge on any atom is -0.347 e. The summed E-state index contributed by atoms with van der Waals surface area (Å²) in [6.45, 7) is 4.01. The van der Waals surface area contributed by atoms with Gasteiger partial charge in [0.2, 0.25) is 5.91 Å². The lowest BCUT2D eigenvalue weighted by Gasteiger charge is -2.27. The Morgan fingerprint density at radius 1 is 0.970 bits per heavy atom. The topological polar surface area (TPSA) is 69.6 Å². The number of piperidine rings is 1. The van der Waals surface area contributed by atoms with Crippen molar-refractivity contribution in [2.24, 2.45) is 0 Å². The number of likely N-dealkylation sites (N-methyl/N-ethyl adjacent to an activating group) is 1. The molecule has 1 aromatic heterocycles. The maximum Gasteiger partial charge on any atom is 0.319 e. The van der Waals surface area contributed by atoms with Gasteiger partial charge >= 0.3 is 6.03 Å². The molecule has 7 nitrogen and oxygen atoms in total. The Morgan fingerprint density at radius 2 is 1.73 bits per heavy atom. The SMILES string of the molecule is CN(C)C(=O)Cn1ccc2cc(NC(=O)NCc3ccccc3CN3CCCCC3)ccc21. The van der Waals surface area contributed by atoms with Crippen molar-refractivity contribution in [1.82, 2.24) is 19.7 Å². The van der Waals surface area contributed by atoms with Gasteiger partial charge in [-0.25, -0.2) is 4.79 Å². The quantitative estimate of drug-likeness (QED) is 0.574. The number of aromatic nitrogens is 1. The third-order valence-corrected chi connectivity index (χ3v) is 6.23. The number of carbonyl (C=O) groups excluding carboxylic acids is 2. The molecule has 2 N–H and O–H groups in total. The second-order valence-electron chi connectivity index (χ2n) is 8.92. The van der Waals surface area contributed by atoms with Gasteiger partial charge in [-0.2, -0.15) is 0 Å². The van der Waals surface area contributed by atoms with Gasteiger partial charge in [0, 0.05) is 50.0 Å². The van der Waals surface area contributed by atoms with Crippen LogP contribution in [-0.2, 0) is 24.4 Å². The number of anilines is 1. The van der Waals surface area contributed by atoms with E-state index in [9.17, 15) is 9.59 Å². The lowest BCUT2D eigenvalue weighted by atomic mass is 10.0. The molecule has 0 saturated carbocycles. The van der Waals surface area contributed by atoms with E-state index in [-0.39, 0.29) is 11.9 Å². The Morgan fingerprint density at radius 3 is 2.48 bits per heavy atom. The minimum atomic E-state index is -0.232. The van der Waals surface area contributed by atoms with Crippen LogP contribution in [0.25, 0.3) is 10.9 Å². The summed E-state index contributed by atoms with van der Waals surface area (Å²) in [5.74, 6) is 0.0367. The van der Waals surface area contributed by atoms with E-state index in [0.29, 0.717) is 13.1 Å². The molecule has 0 aliphatic carbocycles. The predicted molar refractivity (Wildman–Crippen MR) is 132 cm³/mol. The molecule has 0 bridgehead atoms. The van der Waals surface area contributed by atoms with Crippen LogP contribution >= 0.6 is 0 Å². The van der Waals surface area contributed by atoms with Gasteiger partial charge < -0.3 is 20.1 Å². The van der Waals surface area contributed by atoms with Gasteiger partial charge in [-0.15, -0.1) is 0 Å². The smallest absolute Gasteiger partial charge is 0.319 e. The first-order valence-corrected chi connectivity index (χ1v) is 11.6. The summed E-state index contributed by atoms with van der Waals surface area (Å²) < 4.78 is 1.92. The molecule has 0 atom stereocenters. The van der Waals surface area contributed by atoms with Gasteiger partial charge in [-0.3, -0.25) is 9.69 Å². The average Bonchev–Trinajstić information content (AvgIpc) is 3.21. The summed E-state index contributed by atoms with van der Waals surface area (Å²) in [5.41, 5.74) is 4.10. The Hall–Kier alpha value is -3.32. The number of likely N-dealkylation sites (tertiary alicyclic amines) is 1. The fourth-order valence-electron chi connectivity index (χ4n) is 4.30. The zero-order valence-electron chi connectivity index (χ0n) is 19.5. The van der Waals surface area contributed by atoms with Gasteiger partial charge in [0.05, 0.1) is 0 Å². The molecule has 4 rings (SSSR count). The normalized spacial score (nSPS) is 14.2. The van der Waals surface area contributed by atoms with Gasteiger partial charge in [-0.05, 0) is 61.3 Å². The minimum absolute atomic E-state index is 0.0367. The molecule has 33 heavy (non-hydrogen) atoms. The fraction of sp³-hybridized carbons (Fsp3) is 0.385. The molecule has 2 aromatic carbocycles. The number of carbonyl (C=O) groups is 2. The molecule has 2 heterocycles. The molecular weight excluding hydrogens is 414 g/mol. The number of nitrogens with zero attached hydrogens (tertiary/aromatic N) is 3. The van der Waals surface area contributed by atoms with Crippen molar-refractivity contribution in [3.63, 3.8) is 0 Å². The number of rotatable bonds is 7. The molecule has 0 radical (unpaired) electrons. The highest BCUT2D eigenvalue weighted by atomic mass is 16.2. The van der Waals surface area contributed by atoms with Crippen LogP contribution in [0, 0.1) is 0 Å². The van der Waals surface area contributed by atoms with Crippen LogP contribution in [-0.4, -0.2) is 53.5 Å². The maximum atomic E-state index is 12.6. The first-order valence-electron chi connectivity index (χ1n) is 11.6. The van der Waals surface area contributed by atoms with E-state index in [1.54, 1.807) is 19.0 Å². The zero-order chi connectivity index (χ0) is 23.2. The van der Waals surface area contributed by atoms with E-state index in [0.717, 1.165) is 41.8 Å². The highest BCUT2D eigenvalue weighted by molar-refractivity contribution is 5.93. The van der Waals surface area contributed by atoms with Crippen molar-refractivity contribution in [2.45, 2.75) is 38.9 Å². The van der Waals surface area contributed by atoms with Crippen molar-refractivity contribution in [1.29, 1.82) is 0 Å². The van der Waals surface area contributed by atoms with Crippen LogP contribution < -0.4 is 10.6 Å². The second kappa shape index (κ2) is 10.5. The number of hydrogen-bond donors (Lipinski definition) is 2. The fourth-order valence-corrected chi connectivity index (χ4v) is 4.30. The predicted octanol–water partition coefficient (Wildman–Crippen LogP) is 4.04. The lowest BCUT2D eigenvalue weighted by molar-refractivity contribution is -0.129. The molecule has 1 saturated heterocycles. The molecule has 1 aliphatic rings. The molecule has 7 heteroatoms. The molecular formula is C26H33N5O2. The highest BCUT2D eigenvalue weighted by Gasteiger charge is 2.13. The monoisotopic (exact) mass is 447 g/mol. The molecule has 1 fully saturated rings. The lowest BCUT2D eigenvalue weighted by Crippen LogP contribution is -2.31. The van der Waals surface area contributed by atoms with E-state index in [2.05, 4.69) is 33.7 Å². The number of nitrogens with one attached hydrogen (secondary N) is 2. The first-order chi connectivity index (χ1) is 16.0. The van der Waals surface area contributed by atoms with E-state index in [1.807, 2.05) is 41.1 Å². The second-order valence-corrected chi connectivity index (χ2v) is 8.92. The Labute approximate surface area is 195 Å². The Balaban J connectivity index is 1.35. The number of hydrogen-bond acceptors (Lipinski definition) is 3. The van der Waals surface area contributed by atoms with Gasteiger partial charge in [0.25, 0.3) is 0 Å². The molecule has 0 unspecified atom stereocenters. The molecule has 3 aromatic rings. The van der Waals surface area contributed by atoms with E-state index in [4.69, 9.17) is 0 Å². The van der Waals surface area contributed by atoms with Crippen LogP contribution in [0.4, 0.5) is 10.5 Å². The van der Waals surface area contributed by atoms with Crippen LogP contribution in [0.2, 0.25) is 0 Å². The first kappa shape index (κ1) is 22.9. The zero-order valence-corrected chi connectivity index (χ0v) is 19.5. The summed E-state index contributed by atoms with van der Waals surface area (Å²) in [6.07, 6.45) is 5.75. The molecule has 3 amide bonds. The summed E-state index contributed by atoms with van der Waals surface area (Å²) in [6, 6.07) is 15.8. The van der Waals surface area contributed by atoms with Gasteiger partial charge in [0.1, 0.15) is 6.54 Å². The Kier molecular flexibility index (Phi) is 7.29. The van der Waals surface area contributed by atoms with Crippen molar-refractivity contribution < 1.29 is 9.59 Å². The number of benzene rings is 2. The van der Waals surface area contributed by atoms with Crippen molar-refractivity contribution in [3.8, 4) is 0 Å². The maximum absolute atomic E-state index is 12.6. The summed E-state index contributed by atoms with van der Waals surface area (Å²) >= 11 is 0. The van der Waals surface area contributed by atoms with Crippen LogP contribution in [0.1, 0.15) is 30.4 Å². The largest absolute Gasteiger partial charge is 0.347 e. The summed E-state index contributed by atoms with van der Waals surface area (Å²) in [4.78, 5) is 28.7. The van der Waals surface area contributed by atoms with Crippen molar-refractivity contribution in [2.75, 3.05) is 32.5 Å². The Bertz CT molecular complexity index is 1110. The molecule has 0 spiro atoms. The van der Waals surface area contributed by atoms with Crippen molar-refractivity contribution >= 4 is 28.5 Å². The molecule has 1 aliphatic heterocycles. The van der Waals surface area contributed by atoms with E-state index in [1.165, 1.54) is 24.8 Å². The number of urea groups is 1. The standard InChI is InChI=1S/C26H33N5O2/c1-29(2)25(32)19-31-15-12-20-16-23(10-11-24(20)31)28-26(33)27-17-21-8-4-5-9-22(21)18-30-13-6-3-7-14-30/h4-5,8-12,15-16H,3,6-7,13-14,17-19H2,1-2H3,(H2,27,28,33). The number of amides is 3. The summed E-state index contributed by atoms with van der Waals surface area (Å²) in [5, 5.41) is 6.90. The number of fused-ring (bicyclic) bond motifs is 1. The van der Waals surface area contributed by atoms with Gasteiger partial charge in [0.15, 0.2) is 0 Å².